The fourth-order valence-electron chi connectivity index (χ4n) is 4.17. The maximum Gasteiger partial charge on any atom is 0.131 e. The SMILES string of the molecule is C=CCc1ccc(-c2ccc(-c3ccc(C=CCCCC(C)OCCCCC)cc3F)cc2)cc1. The first-order valence-electron chi connectivity index (χ1n) is 13.0. The van der Waals surface area contributed by atoms with E-state index >= 15 is 0 Å². The van der Waals surface area contributed by atoms with E-state index < -0.39 is 0 Å². The van der Waals surface area contributed by atoms with Crippen molar-refractivity contribution in [2.24, 2.45) is 0 Å². The summed E-state index contributed by atoms with van der Waals surface area (Å²) < 4.78 is 20.7. The second-order valence-corrected chi connectivity index (χ2v) is 9.23. The molecule has 1 atom stereocenters. The summed E-state index contributed by atoms with van der Waals surface area (Å²) in [6.45, 7) is 9.01. The Morgan fingerprint density at radius 3 is 2.23 bits per heavy atom. The van der Waals surface area contributed by atoms with Crippen molar-refractivity contribution in [1.82, 2.24) is 0 Å². The van der Waals surface area contributed by atoms with Crippen molar-refractivity contribution in [3.63, 3.8) is 0 Å². The molecular formula is C33H39FO. The van der Waals surface area contributed by atoms with Gasteiger partial charge in [-0.15, -0.1) is 6.58 Å². The third kappa shape index (κ3) is 8.64. The minimum atomic E-state index is -0.192. The first-order valence-corrected chi connectivity index (χ1v) is 13.0. The Kier molecular flexibility index (Phi) is 11.0. The van der Waals surface area contributed by atoms with Crippen molar-refractivity contribution in [2.75, 3.05) is 6.61 Å². The van der Waals surface area contributed by atoms with Gasteiger partial charge >= 0.3 is 0 Å². The third-order valence-corrected chi connectivity index (χ3v) is 6.30. The minimum Gasteiger partial charge on any atom is -0.379 e. The summed E-state index contributed by atoms with van der Waals surface area (Å²) in [5, 5.41) is 0. The summed E-state index contributed by atoms with van der Waals surface area (Å²) >= 11 is 0. The monoisotopic (exact) mass is 470 g/mol. The lowest BCUT2D eigenvalue weighted by Crippen LogP contribution is -2.08. The van der Waals surface area contributed by atoms with Crippen LogP contribution in [0, 0.1) is 5.82 Å². The molecule has 35 heavy (non-hydrogen) atoms. The first-order chi connectivity index (χ1) is 17.1. The molecule has 0 fully saturated rings. The molecule has 0 aliphatic rings. The Morgan fingerprint density at radius 1 is 0.886 bits per heavy atom. The van der Waals surface area contributed by atoms with Crippen LogP contribution in [0.25, 0.3) is 28.3 Å². The van der Waals surface area contributed by atoms with Crippen LogP contribution >= 0.6 is 0 Å². The summed E-state index contributed by atoms with van der Waals surface area (Å²) in [6, 6.07) is 22.1. The number of hydrogen-bond donors (Lipinski definition) is 0. The molecule has 3 rings (SSSR count). The zero-order chi connectivity index (χ0) is 24.9. The van der Waals surface area contributed by atoms with Crippen LogP contribution in [-0.2, 0) is 11.2 Å². The molecule has 3 aromatic rings. The van der Waals surface area contributed by atoms with Crippen LogP contribution < -0.4 is 0 Å². The highest BCUT2D eigenvalue weighted by Crippen LogP contribution is 2.28. The zero-order valence-electron chi connectivity index (χ0n) is 21.3. The second kappa shape index (κ2) is 14.4. The lowest BCUT2D eigenvalue weighted by atomic mass is 9.98. The Balaban J connectivity index is 1.51. The minimum absolute atomic E-state index is 0.192. The molecule has 0 aliphatic carbocycles. The molecule has 0 heterocycles. The van der Waals surface area contributed by atoms with Gasteiger partial charge in [0.25, 0.3) is 0 Å². The lowest BCUT2D eigenvalue weighted by molar-refractivity contribution is 0.0566. The van der Waals surface area contributed by atoms with E-state index in [1.165, 1.54) is 18.4 Å². The molecule has 1 nitrogen and oxygen atoms in total. The molecule has 184 valence electrons. The van der Waals surface area contributed by atoms with Gasteiger partial charge in [0.05, 0.1) is 6.10 Å². The molecule has 0 amide bonds. The van der Waals surface area contributed by atoms with E-state index in [0.29, 0.717) is 11.7 Å². The molecule has 0 saturated heterocycles. The number of hydrogen-bond acceptors (Lipinski definition) is 1. The molecule has 0 aromatic heterocycles. The van der Waals surface area contributed by atoms with E-state index in [-0.39, 0.29) is 5.82 Å². The molecule has 0 bridgehead atoms. The predicted molar refractivity (Wildman–Crippen MR) is 149 cm³/mol. The highest BCUT2D eigenvalue weighted by atomic mass is 19.1. The van der Waals surface area contributed by atoms with Crippen LogP contribution in [0.3, 0.4) is 0 Å². The van der Waals surface area contributed by atoms with E-state index in [2.05, 4.69) is 62.9 Å². The van der Waals surface area contributed by atoms with Crippen LogP contribution in [0.1, 0.15) is 63.5 Å². The summed E-state index contributed by atoms with van der Waals surface area (Å²) in [5.41, 5.74) is 5.94. The summed E-state index contributed by atoms with van der Waals surface area (Å²) in [5.74, 6) is -0.192. The van der Waals surface area contributed by atoms with Gasteiger partial charge in [-0.2, -0.15) is 0 Å². The largest absolute Gasteiger partial charge is 0.379 e. The third-order valence-electron chi connectivity index (χ3n) is 6.30. The standard InChI is InChI=1S/C33H39FO/c1-4-6-10-24-35-26(3)12-8-7-9-13-28-16-23-32(33(34)25-28)31-21-19-30(20-22-31)29-17-14-27(11-5-2)15-18-29/h5,9,13-23,25-26H,2,4,6-8,10-12,24H2,1,3H3. The van der Waals surface area contributed by atoms with Crippen molar-refractivity contribution in [1.29, 1.82) is 0 Å². The number of rotatable bonds is 14. The molecule has 1 unspecified atom stereocenters. The second-order valence-electron chi connectivity index (χ2n) is 9.23. The van der Waals surface area contributed by atoms with E-state index in [1.54, 1.807) is 6.07 Å². The quantitative estimate of drug-likeness (QED) is 0.168. The average molecular weight is 471 g/mol. The van der Waals surface area contributed by atoms with E-state index in [9.17, 15) is 4.39 Å². The normalized spacial score (nSPS) is 12.2. The van der Waals surface area contributed by atoms with Crippen LogP contribution in [0.4, 0.5) is 4.39 Å². The van der Waals surface area contributed by atoms with Crippen molar-refractivity contribution in [3.05, 3.63) is 102 Å². The summed E-state index contributed by atoms with van der Waals surface area (Å²) in [6.07, 6.45) is 14.0. The topological polar surface area (TPSA) is 9.23 Å². The van der Waals surface area contributed by atoms with Gasteiger partial charge in [0.1, 0.15) is 5.82 Å². The van der Waals surface area contributed by atoms with Gasteiger partial charge in [-0.1, -0.05) is 98.7 Å². The van der Waals surface area contributed by atoms with Crippen molar-refractivity contribution < 1.29 is 9.13 Å². The maximum atomic E-state index is 14.9. The molecule has 2 heteroatoms. The smallest absolute Gasteiger partial charge is 0.131 e. The van der Waals surface area contributed by atoms with Gasteiger partial charge in [0, 0.05) is 12.2 Å². The molecule has 0 spiro atoms. The maximum absolute atomic E-state index is 14.9. The van der Waals surface area contributed by atoms with Crippen LogP contribution in [0.5, 0.6) is 0 Å². The van der Waals surface area contributed by atoms with Crippen molar-refractivity contribution in [3.8, 4) is 22.3 Å². The fraction of sp³-hybridized carbons (Fsp3) is 0.333. The summed E-state index contributed by atoms with van der Waals surface area (Å²) in [7, 11) is 0. The zero-order valence-corrected chi connectivity index (χ0v) is 21.3. The van der Waals surface area contributed by atoms with Crippen LogP contribution in [-0.4, -0.2) is 12.7 Å². The number of unbranched alkanes of at least 4 members (excludes halogenated alkanes) is 3. The number of ether oxygens (including phenoxy) is 1. The van der Waals surface area contributed by atoms with E-state index in [1.807, 2.05) is 36.4 Å². The van der Waals surface area contributed by atoms with Gasteiger partial charge in [-0.25, -0.2) is 4.39 Å². The van der Waals surface area contributed by atoms with Gasteiger partial charge < -0.3 is 4.74 Å². The molecule has 0 aliphatic heterocycles. The molecule has 3 aromatic carbocycles. The molecule has 0 N–H and O–H groups in total. The van der Waals surface area contributed by atoms with Crippen LogP contribution in [0.2, 0.25) is 0 Å². The lowest BCUT2D eigenvalue weighted by Gasteiger charge is -2.12. The molecular weight excluding hydrogens is 431 g/mol. The Labute approximate surface area is 211 Å². The fourth-order valence-corrected chi connectivity index (χ4v) is 4.17. The highest BCUT2D eigenvalue weighted by molar-refractivity contribution is 5.71. The first kappa shape index (κ1) is 26.6. The van der Waals surface area contributed by atoms with Gasteiger partial charge in [0.15, 0.2) is 0 Å². The van der Waals surface area contributed by atoms with Gasteiger partial charge in [-0.3, -0.25) is 0 Å². The number of benzene rings is 3. The Bertz CT molecular complexity index is 1060. The molecule has 0 saturated carbocycles. The van der Waals surface area contributed by atoms with Crippen LogP contribution in [0.15, 0.2) is 85.5 Å². The van der Waals surface area contributed by atoms with E-state index in [4.69, 9.17) is 4.74 Å². The number of allylic oxidation sites excluding steroid dienone is 2. The predicted octanol–water partition coefficient (Wildman–Crippen LogP) is 9.67. The Hall–Kier alpha value is -2.97. The van der Waals surface area contributed by atoms with Crippen molar-refractivity contribution in [2.45, 2.75) is 64.9 Å². The Morgan fingerprint density at radius 2 is 1.57 bits per heavy atom. The average Bonchev–Trinajstić information content (AvgIpc) is 2.87. The van der Waals surface area contributed by atoms with E-state index in [0.717, 1.165) is 61.0 Å². The highest BCUT2D eigenvalue weighted by Gasteiger charge is 2.07. The number of halogens is 1. The molecule has 0 radical (unpaired) electrons. The summed E-state index contributed by atoms with van der Waals surface area (Å²) in [4.78, 5) is 0. The van der Waals surface area contributed by atoms with Gasteiger partial charge in [0.2, 0.25) is 0 Å². The van der Waals surface area contributed by atoms with Gasteiger partial charge in [-0.05, 0) is 72.9 Å². The van der Waals surface area contributed by atoms with Crippen molar-refractivity contribution >= 4 is 6.08 Å².